The van der Waals surface area contributed by atoms with Crippen molar-refractivity contribution in [3.8, 4) is 11.5 Å². The normalized spacial score (nSPS) is 16.7. The molecule has 1 aromatic heterocycles. The van der Waals surface area contributed by atoms with E-state index in [1.165, 1.54) is 0 Å². The highest BCUT2D eigenvalue weighted by molar-refractivity contribution is 5.80. The van der Waals surface area contributed by atoms with Crippen LogP contribution >= 0.6 is 0 Å². The van der Waals surface area contributed by atoms with Crippen LogP contribution in [0.25, 0.3) is 0 Å². The number of nitrogens with one attached hydrogen (secondary N) is 1. The first kappa shape index (κ1) is 16.5. The van der Waals surface area contributed by atoms with Gasteiger partial charge in [0.15, 0.2) is 17.5 Å². The third kappa shape index (κ3) is 3.37. The number of aromatic nitrogens is 1. The number of guanidine groups is 1. The topological polar surface area (TPSA) is 62.2 Å². The fraction of sp³-hybridized carbons (Fsp3) is 0.368. The van der Waals surface area contributed by atoms with Gasteiger partial charge in [0.25, 0.3) is 0 Å². The lowest BCUT2D eigenvalue weighted by atomic mass is 10.2. The van der Waals surface area contributed by atoms with Gasteiger partial charge in [-0.2, -0.15) is 0 Å². The minimum atomic E-state index is 0.288. The molecule has 1 aromatic carbocycles. The Morgan fingerprint density at radius 1 is 1.12 bits per heavy atom. The SMILES string of the molecule is CN=C(NCc1cccc2c1OCO2)N1CCN(c2ccccn2)CC1. The maximum Gasteiger partial charge on any atom is 0.231 e. The Labute approximate surface area is 153 Å². The highest BCUT2D eigenvalue weighted by Gasteiger charge is 2.21. The highest BCUT2D eigenvalue weighted by Crippen LogP contribution is 2.35. The molecule has 0 unspecified atom stereocenters. The van der Waals surface area contributed by atoms with E-state index in [1.807, 2.05) is 43.6 Å². The van der Waals surface area contributed by atoms with Crippen LogP contribution < -0.4 is 19.7 Å². The van der Waals surface area contributed by atoms with Gasteiger partial charge >= 0.3 is 0 Å². The third-order valence-electron chi connectivity index (χ3n) is 4.68. The zero-order valence-corrected chi connectivity index (χ0v) is 14.9. The Morgan fingerprint density at radius 2 is 2.00 bits per heavy atom. The summed E-state index contributed by atoms with van der Waals surface area (Å²) in [5.74, 6) is 3.58. The lowest BCUT2D eigenvalue weighted by Gasteiger charge is -2.37. The molecule has 7 heteroatoms. The molecule has 2 aliphatic rings. The van der Waals surface area contributed by atoms with E-state index in [4.69, 9.17) is 9.47 Å². The smallest absolute Gasteiger partial charge is 0.231 e. The van der Waals surface area contributed by atoms with E-state index in [9.17, 15) is 0 Å². The Kier molecular flexibility index (Phi) is 4.77. The molecule has 2 aliphatic heterocycles. The molecule has 4 rings (SSSR count). The van der Waals surface area contributed by atoms with Crippen molar-refractivity contribution < 1.29 is 9.47 Å². The van der Waals surface area contributed by atoms with Crippen LogP contribution in [0.1, 0.15) is 5.56 Å². The second-order valence-electron chi connectivity index (χ2n) is 6.21. The van der Waals surface area contributed by atoms with Crippen molar-refractivity contribution in [2.75, 3.05) is 44.9 Å². The number of hydrogen-bond acceptors (Lipinski definition) is 5. The van der Waals surface area contributed by atoms with Crippen LogP contribution in [-0.4, -0.2) is 55.9 Å². The fourth-order valence-electron chi connectivity index (χ4n) is 3.32. The van der Waals surface area contributed by atoms with Crippen LogP contribution in [0, 0.1) is 0 Å². The number of fused-ring (bicyclic) bond motifs is 1. The summed E-state index contributed by atoms with van der Waals surface area (Å²) < 4.78 is 11.0. The first-order valence-corrected chi connectivity index (χ1v) is 8.84. The Morgan fingerprint density at radius 3 is 2.77 bits per heavy atom. The van der Waals surface area contributed by atoms with Gasteiger partial charge in [-0.25, -0.2) is 4.98 Å². The molecule has 1 saturated heterocycles. The van der Waals surface area contributed by atoms with E-state index in [-0.39, 0.29) is 6.79 Å². The Hall–Kier alpha value is -2.96. The minimum absolute atomic E-state index is 0.288. The van der Waals surface area contributed by atoms with Crippen molar-refractivity contribution in [1.29, 1.82) is 0 Å². The van der Waals surface area contributed by atoms with Gasteiger partial charge in [-0.3, -0.25) is 4.99 Å². The summed E-state index contributed by atoms with van der Waals surface area (Å²) in [5.41, 5.74) is 1.08. The molecule has 0 atom stereocenters. The summed E-state index contributed by atoms with van der Waals surface area (Å²) in [6.45, 7) is 4.60. The number of piperazine rings is 1. The lowest BCUT2D eigenvalue weighted by molar-refractivity contribution is 0.173. The molecule has 0 bridgehead atoms. The van der Waals surface area contributed by atoms with E-state index < -0.39 is 0 Å². The monoisotopic (exact) mass is 353 g/mol. The fourth-order valence-corrected chi connectivity index (χ4v) is 3.32. The molecule has 0 amide bonds. The molecule has 1 fully saturated rings. The van der Waals surface area contributed by atoms with Gasteiger partial charge in [-0.15, -0.1) is 0 Å². The molecule has 136 valence electrons. The predicted octanol–water partition coefficient (Wildman–Crippen LogP) is 1.71. The van der Waals surface area contributed by atoms with Gasteiger partial charge in [0.1, 0.15) is 5.82 Å². The second-order valence-corrected chi connectivity index (χ2v) is 6.21. The molecule has 1 N–H and O–H groups in total. The average molecular weight is 353 g/mol. The summed E-state index contributed by atoms with van der Waals surface area (Å²) >= 11 is 0. The van der Waals surface area contributed by atoms with Crippen LogP contribution in [0.2, 0.25) is 0 Å². The van der Waals surface area contributed by atoms with Crippen molar-refractivity contribution in [3.05, 3.63) is 48.2 Å². The summed E-state index contributed by atoms with van der Waals surface area (Å²) in [4.78, 5) is 13.5. The Balaban J connectivity index is 1.35. The molecule has 0 saturated carbocycles. The average Bonchev–Trinajstić information content (AvgIpc) is 3.19. The van der Waals surface area contributed by atoms with Crippen molar-refractivity contribution in [2.24, 2.45) is 4.99 Å². The zero-order valence-electron chi connectivity index (χ0n) is 14.9. The maximum absolute atomic E-state index is 5.57. The van der Waals surface area contributed by atoms with Crippen LogP contribution in [0.3, 0.4) is 0 Å². The zero-order chi connectivity index (χ0) is 17.8. The van der Waals surface area contributed by atoms with Gasteiger partial charge in [0, 0.05) is 51.5 Å². The number of rotatable bonds is 3. The van der Waals surface area contributed by atoms with Gasteiger partial charge in [-0.05, 0) is 18.2 Å². The highest BCUT2D eigenvalue weighted by atomic mass is 16.7. The number of benzene rings is 1. The van der Waals surface area contributed by atoms with Crippen LogP contribution in [0.15, 0.2) is 47.6 Å². The number of ether oxygens (including phenoxy) is 2. The number of hydrogen-bond donors (Lipinski definition) is 1. The van der Waals surface area contributed by atoms with E-state index in [0.29, 0.717) is 6.54 Å². The molecular weight excluding hydrogens is 330 g/mol. The summed E-state index contributed by atoms with van der Waals surface area (Å²) in [5, 5.41) is 3.45. The molecule has 3 heterocycles. The Bertz CT molecular complexity index is 773. The van der Waals surface area contributed by atoms with E-state index >= 15 is 0 Å². The number of para-hydroxylation sites is 1. The van der Waals surface area contributed by atoms with E-state index in [1.54, 1.807) is 0 Å². The van der Waals surface area contributed by atoms with Crippen molar-refractivity contribution in [3.63, 3.8) is 0 Å². The first-order valence-electron chi connectivity index (χ1n) is 8.84. The molecule has 7 nitrogen and oxygen atoms in total. The van der Waals surface area contributed by atoms with Gasteiger partial charge in [-0.1, -0.05) is 18.2 Å². The third-order valence-corrected chi connectivity index (χ3v) is 4.68. The quantitative estimate of drug-likeness (QED) is 0.670. The van der Waals surface area contributed by atoms with Gasteiger partial charge in [0.05, 0.1) is 0 Å². The number of anilines is 1. The summed E-state index contributed by atoms with van der Waals surface area (Å²) in [7, 11) is 1.82. The lowest BCUT2D eigenvalue weighted by Crippen LogP contribution is -2.52. The van der Waals surface area contributed by atoms with Crippen molar-refractivity contribution >= 4 is 11.8 Å². The second kappa shape index (κ2) is 7.51. The van der Waals surface area contributed by atoms with Crippen LogP contribution in [0.4, 0.5) is 5.82 Å². The first-order chi connectivity index (χ1) is 12.8. The summed E-state index contributed by atoms with van der Waals surface area (Å²) in [6, 6.07) is 12.0. The van der Waals surface area contributed by atoms with Crippen molar-refractivity contribution in [1.82, 2.24) is 15.2 Å². The summed E-state index contributed by atoms with van der Waals surface area (Å²) in [6.07, 6.45) is 1.84. The van der Waals surface area contributed by atoms with E-state index in [2.05, 4.69) is 31.2 Å². The molecular formula is C19H23N5O2. The van der Waals surface area contributed by atoms with Crippen LogP contribution in [-0.2, 0) is 6.54 Å². The largest absolute Gasteiger partial charge is 0.454 e. The number of pyridine rings is 1. The standard InChI is InChI=1S/C19H23N5O2/c1-20-19(22-13-15-5-4-6-16-18(15)26-14-25-16)24-11-9-23(10-12-24)17-7-2-3-8-21-17/h2-8H,9-14H2,1H3,(H,20,22). The molecule has 2 aromatic rings. The maximum atomic E-state index is 5.57. The predicted molar refractivity (Wildman–Crippen MR) is 101 cm³/mol. The molecule has 0 radical (unpaired) electrons. The molecule has 0 spiro atoms. The van der Waals surface area contributed by atoms with E-state index in [0.717, 1.165) is 55.0 Å². The van der Waals surface area contributed by atoms with Crippen molar-refractivity contribution in [2.45, 2.75) is 6.54 Å². The van der Waals surface area contributed by atoms with Gasteiger partial charge in [0.2, 0.25) is 6.79 Å². The van der Waals surface area contributed by atoms with Gasteiger partial charge < -0.3 is 24.6 Å². The molecule has 0 aliphatic carbocycles. The number of aliphatic imine (C=N–C) groups is 1. The molecule has 26 heavy (non-hydrogen) atoms. The number of nitrogens with zero attached hydrogens (tertiary/aromatic N) is 4. The minimum Gasteiger partial charge on any atom is -0.454 e. The van der Waals surface area contributed by atoms with Crippen LogP contribution in [0.5, 0.6) is 11.5 Å².